The first-order valence-corrected chi connectivity index (χ1v) is 8.52. The molecule has 0 amide bonds. The quantitative estimate of drug-likeness (QED) is 0.644. The maximum absolute atomic E-state index is 12.0. The molecule has 0 atom stereocenters. The van der Waals surface area contributed by atoms with Gasteiger partial charge in [0.1, 0.15) is 0 Å². The molecule has 0 fully saturated rings. The Balaban J connectivity index is 2.62. The van der Waals surface area contributed by atoms with Gasteiger partial charge in [0.2, 0.25) is 10.0 Å². The third-order valence-corrected chi connectivity index (χ3v) is 4.23. The minimum Gasteiger partial charge on any atom is -0.384 e. The van der Waals surface area contributed by atoms with Crippen molar-refractivity contribution in [1.29, 1.82) is 0 Å². The van der Waals surface area contributed by atoms with Crippen LogP contribution in [0.2, 0.25) is 0 Å². The molecule has 2 N–H and O–H groups in total. The van der Waals surface area contributed by atoms with Crippen molar-refractivity contribution in [3.8, 4) is 0 Å². The molecule has 0 heterocycles. The Morgan fingerprint density at radius 2 is 2.00 bits per heavy atom. The van der Waals surface area contributed by atoms with Crippen molar-refractivity contribution in [3.05, 3.63) is 29.8 Å². The van der Waals surface area contributed by atoms with Crippen LogP contribution in [0.5, 0.6) is 0 Å². The van der Waals surface area contributed by atoms with Crippen LogP contribution in [0, 0.1) is 0 Å². The van der Waals surface area contributed by atoms with Gasteiger partial charge in [0.05, 0.1) is 18.0 Å². The van der Waals surface area contributed by atoms with Crippen LogP contribution < -0.4 is 10.0 Å². The molecule has 0 aliphatic carbocycles. The fourth-order valence-electron chi connectivity index (χ4n) is 1.83. The summed E-state index contributed by atoms with van der Waals surface area (Å²) in [6.45, 7) is 4.13. The van der Waals surface area contributed by atoms with Gasteiger partial charge in [-0.3, -0.25) is 4.72 Å². The molecule has 0 saturated heterocycles. The maximum atomic E-state index is 12.0. The predicted molar refractivity (Wildman–Crippen MR) is 82.6 cm³/mol. The molecular formula is C14H24N2O3S. The van der Waals surface area contributed by atoms with E-state index in [1.165, 1.54) is 0 Å². The molecule has 0 aliphatic rings. The first kappa shape index (κ1) is 16.9. The zero-order chi connectivity index (χ0) is 14.8. The summed E-state index contributed by atoms with van der Waals surface area (Å²) >= 11 is 0. The Labute approximate surface area is 121 Å². The Bertz CT molecular complexity index is 489. The number of para-hydroxylation sites is 1. The van der Waals surface area contributed by atoms with Crippen LogP contribution in [0.1, 0.15) is 18.9 Å². The Morgan fingerprint density at radius 1 is 1.25 bits per heavy atom. The fourth-order valence-corrected chi connectivity index (χ4v) is 2.99. The molecule has 1 aromatic carbocycles. The van der Waals surface area contributed by atoms with Gasteiger partial charge in [-0.2, -0.15) is 0 Å². The van der Waals surface area contributed by atoms with E-state index in [1.807, 2.05) is 25.1 Å². The van der Waals surface area contributed by atoms with E-state index in [0.29, 0.717) is 31.7 Å². The van der Waals surface area contributed by atoms with Gasteiger partial charge < -0.3 is 10.1 Å². The van der Waals surface area contributed by atoms with Crippen molar-refractivity contribution in [1.82, 2.24) is 5.32 Å². The van der Waals surface area contributed by atoms with Crippen LogP contribution in [0.15, 0.2) is 24.3 Å². The normalized spacial score (nSPS) is 11.5. The molecule has 0 spiro atoms. The second-order valence-electron chi connectivity index (χ2n) is 4.53. The van der Waals surface area contributed by atoms with Crippen molar-refractivity contribution in [3.63, 3.8) is 0 Å². The third kappa shape index (κ3) is 6.36. The lowest BCUT2D eigenvalue weighted by Gasteiger charge is -2.12. The van der Waals surface area contributed by atoms with Crippen LogP contribution in [0.4, 0.5) is 5.69 Å². The lowest BCUT2D eigenvalue weighted by molar-refractivity contribution is 0.202. The summed E-state index contributed by atoms with van der Waals surface area (Å²) in [5, 5.41) is 3.12. The summed E-state index contributed by atoms with van der Waals surface area (Å²) in [6, 6.07) is 7.42. The Kier molecular flexibility index (Phi) is 7.58. The van der Waals surface area contributed by atoms with Gasteiger partial charge in [-0.05, 0) is 37.6 Å². The first-order chi connectivity index (χ1) is 9.59. The standard InChI is InChI=1S/C14H24N2O3S/c1-3-15-10-6-12-20(17,18)16-14-8-5-4-7-13(14)9-11-19-2/h4-5,7-8,15-16H,3,6,9-12H2,1-2H3. The molecule has 0 aliphatic heterocycles. The molecule has 0 aromatic heterocycles. The number of hydrogen-bond acceptors (Lipinski definition) is 4. The molecule has 5 nitrogen and oxygen atoms in total. The van der Waals surface area contributed by atoms with Crippen molar-refractivity contribution < 1.29 is 13.2 Å². The average molecular weight is 300 g/mol. The molecule has 0 unspecified atom stereocenters. The minimum atomic E-state index is -3.29. The number of anilines is 1. The second kappa shape index (κ2) is 8.94. The van der Waals surface area contributed by atoms with E-state index in [-0.39, 0.29) is 5.75 Å². The summed E-state index contributed by atoms with van der Waals surface area (Å²) in [6.07, 6.45) is 1.29. The van der Waals surface area contributed by atoms with Crippen molar-refractivity contribution in [2.75, 3.05) is 37.3 Å². The molecule has 6 heteroatoms. The lowest BCUT2D eigenvalue weighted by Crippen LogP contribution is -2.22. The van der Waals surface area contributed by atoms with Crippen molar-refractivity contribution >= 4 is 15.7 Å². The third-order valence-electron chi connectivity index (χ3n) is 2.87. The number of methoxy groups -OCH3 is 1. The number of sulfonamides is 1. The smallest absolute Gasteiger partial charge is 0.232 e. The monoisotopic (exact) mass is 300 g/mol. The van der Waals surface area contributed by atoms with E-state index >= 15 is 0 Å². The van der Waals surface area contributed by atoms with Gasteiger partial charge in [-0.25, -0.2) is 8.42 Å². The molecule has 0 radical (unpaired) electrons. The topological polar surface area (TPSA) is 67.4 Å². The number of rotatable bonds is 10. The summed E-state index contributed by atoms with van der Waals surface area (Å²) in [5.41, 5.74) is 1.60. The predicted octanol–water partition coefficient (Wildman–Crippen LogP) is 1.62. The molecule has 0 saturated carbocycles. The highest BCUT2D eigenvalue weighted by Crippen LogP contribution is 2.17. The number of benzene rings is 1. The minimum absolute atomic E-state index is 0.124. The Hall–Kier alpha value is -1.11. The lowest BCUT2D eigenvalue weighted by atomic mass is 10.1. The molecular weight excluding hydrogens is 276 g/mol. The molecule has 20 heavy (non-hydrogen) atoms. The van der Waals surface area contributed by atoms with Gasteiger partial charge in [0.25, 0.3) is 0 Å². The van der Waals surface area contributed by atoms with E-state index in [4.69, 9.17) is 4.74 Å². The average Bonchev–Trinajstić information content (AvgIpc) is 2.42. The van der Waals surface area contributed by atoms with Gasteiger partial charge in [-0.15, -0.1) is 0 Å². The molecule has 0 bridgehead atoms. The highest BCUT2D eigenvalue weighted by Gasteiger charge is 2.12. The maximum Gasteiger partial charge on any atom is 0.232 e. The SMILES string of the molecule is CCNCCCS(=O)(=O)Nc1ccccc1CCOC. The number of nitrogens with one attached hydrogen (secondary N) is 2. The van der Waals surface area contributed by atoms with E-state index in [0.717, 1.165) is 12.1 Å². The van der Waals surface area contributed by atoms with Crippen LogP contribution in [0.3, 0.4) is 0 Å². The van der Waals surface area contributed by atoms with Crippen LogP contribution in [-0.2, 0) is 21.2 Å². The highest BCUT2D eigenvalue weighted by atomic mass is 32.2. The first-order valence-electron chi connectivity index (χ1n) is 6.87. The van der Waals surface area contributed by atoms with E-state index in [2.05, 4.69) is 10.0 Å². The van der Waals surface area contributed by atoms with Gasteiger partial charge >= 0.3 is 0 Å². The fraction of sp³-hybridized carbons (Fsp3) is 0.571. The Morgan fingerprint density at radius 3 is 2.70 bits per heavy atom. The number of hydrogen-bond donors (Lipinski definition) is 2. The van der Waals surface area contributed by atoms with E-state index in [1.54, 1.807) is 13.2 Å². The highest BCUT2D eigenvalue weighted by molar-refractivity contribution is 7.92. The summed E-state index contributed by atoms with van der Waals surface area (Å²) in [5.74, 6) is 0.124. The summed E-state index contributed by atoms with van der Waals surface area (Å²) < 4.78 is 31.7. The summed E-state index contributed by atoms with van der Waals surface area (Å²) in [7, 11) is -1.66. The zero-order valence-corrected chi connectivity index (χ0v) is 13.0. The molecule has 1 rings (SSSR count). The molecule has 1 aromatic rings. The van der Waals surface area contributed by atoms with Crippen LogP contribution in [0.25, 0.3) is 0 Å². The largest absolute Gasteiger partial charge is 0.384 e. The zero-order valence-electron chi connectivity index (χ0n) is 12.2. The summed E-state index contributed by atoms with van der Waals surface area (Å²) in [4.78, 5) is 0. The van der Waals surface area contributed by atoms with Crippen LogP contribution >= 0.6 is 0 Å². The van der Waals surface area contributed by atoms with E-state index < -0.39 is 10.0 Å². The van der Waals surface area contributed by atoms with Crippen LogP contribution in [-0.4, -0.2) is 41.0 Å². The van der Waals surface area contributed by atoms with Crippen molar-refractivity contribution in [2.24, 2.45) is 0 Å². The second-order valence-corrected chi connectivity index (χ2v) is 6.37. The van der Waals surface area contributed by atoms with Gasteiger partial charge in [0, 0.05) is 7.11 Å². The van der Waals surface area contributed by atoms with Gasteiger partial charge in [0.15, 0.2) is 0 Å². The molecule has 114 valence electrons. The number of ether oxygens (including phenoxy) is 1. The van der Waals surface area contributed by atoms with E-state index in [9.17, 15) is 8.42 Å². The van der Waals surface area contributed by atoms with Crippen molar-refractivity contribution in [2.45, 2.75) is 19.8 Å². The van der Waals surface area contributed by atoms with Gasteiger partial charge in [-0.1, -0.05) is 25.1 Å².